The van der Waals surface area contributed by atoms with Gasteiger partial charge in [0.1, 0.15) is 18.5 Å². The lowest BCUT2D eigenvalue weighted by Gasteiger charge is -2.08. The van der Waals surface area contributed by atoms with E-state index in [2.05, 4.69) is 4.74 Å². The average molecular weight is 395 g/mol. The Morgan fingerprint density at radius 1 is 1.11 bits per heavy atom. The van der Waals surface area contributed by atoms with Gasteiger partial charge < -0.3 is 19.7 Å². The molecule has 0 radical (unpaired) electrons. The number of benzene rings is 1. The standard InChI is InChI=1S/C21H27ClO5/c1-26-21(25)14-7-6-11-18(23)10-4-2-3-5-12-19(24)16-27-20-13-8-9-17(22)15-20/h2-5,8-10,12-13,15,18-19,23-24H,6-7,11,14,16H2,1H3/b3-2+,10-4-,12-5+. The van der Waals surface area contributed by atoms with Gasteiger partial charge in [-0.2, -0.15) is 0 Å². The number of carbonyl (C=O) groups excluding carboxylic acids is 1. The van der Waals surface area contributed by atoms with Crippen LogP contribution in [0.4, 0.5) is 0 Å². The van der Waals surface area contributed by atoms with E-state index in [-0.39, 0.29) is 12.6 Å². The third kappa shape index (κ3) is 12.0. The Labute approximate surface area is 165 Å². The summed E-state index contributed by atoms with van der Waals surface area (Å²) in [5.41, 5.74) is 0. The lowest BCUT2D eigenvalue weighted by Crippen LogP contribution is -2.14. The summed E-state index contributed by atoms with van der Waals surface area (Å²) < 4.78 is 10.00. The molecular weight excluding hydrogens is 368 g/mol. The second kappa shape index (κ2) is 14.0. The molecule has 0 fully saturated rings. The molecule has 0 aliphatic heterocycles. The molecule has 0 spiro atoms. The van der Waals surface area contributed by atoms with Crippen LogP contribution in [-0.2, 0) is 9.53 Å². The quantitative estimate of drug-likeness (QED) is 0.320. The Bertz CT molecular complexity index is 639. The molecule has 6 heteroatoms. The lowest BCUT2D eigenvalue weighted by molar-refractivity contribution is -0.140. The number of aliphatic hydroxyl groups is 2. The van der Waals surface area contributed by atoms with Gasteiger partial charge in [-0.05, 0) is 37.5 Å². The van der Waals surface area contributed by atoms with E-state index >= 15 is 0 Å². The minimum absolute atomic E-state index is 0.130. The van der Waals surface area contributed by atoms with Crippen LogP contribution < -0.4 is 4.74 Å². The van der Waals surface area contributed by atoms with Gasteiger partial charge in [0, 0.05) is 11.4 Å². The maximum atomic E-state index is 11.0. The normalized spacial score (nSPS) is 14.1. The topological polar surface area (TPSA) is 76.0 Å². The van der Waals surface area contributed by atoms with Crippen molar-refractivity contribution >= 4 is 17.6 Å². The van der Waals surface area contributed by atoms with Crippen molar-refractivity contribution in [2.24, 2.45) is 0 Å². The van der Waals surface area contributed by atoms with Crippen LogP contribution in [0.25, 0.3) is 0 Å². The van der Waals surface area contributed by atoms with Gasteiger partial charge in [-0.3, -0.25) is 4.79 Å². The van der Waals surface area contributed by atoms with Gasteiger partial charge in [0.05, 0.1) is 13.2 Å². The second-order valence-corrected chi connectivity index (χ2v) is 6.32. The van der Waals surface area contributed by atoms with E-state index in [1.807, 2.05) is 0 Å². The Kier molecular flexibility index (Phi) is 11.9. The summed E-state index contributed by atoms with van der Waals surface area (Å²) in [6, 6.07) is 6.99. The van der Waals surface area contributed by atoms with Crippen LogP contribution in [-0.4, -0.2) is 42.1 Å². The third-order valence-corrected chi connectivity index (χ3v) is 3.81. The zero-order chi connectivity index (χ0) is 19.9. The molecule has 0 heterocycles. The minimum Gasteiger partial charge on any atom is -0.491 e. The Hall–Kier alpha value is -2.08. The first-order valence-corrected chi connectivity index (χ1v) is 9.22. The number of aliphatic hydroxyl groups excluding tert-OH is 2. The summed E-state index contributed by atoms with van der Waals surface area (Å²) in [5, 5.41) is 20.2. The summed E-state index contributed by atoms with van der Waals surface area (Å²) in [5.74, 6) is 0.379. The van der Waals surface area contributed by atoms with Crippen molar-refractivity contribution in [1.82, 2.24) is 0 Å². The molecule has 148 valence electrons. The van der Waals surface area contributed by atoms with E-state index in [0.29, 0.717) is 30.0 Å². The van der Waals surface area contributed by atoms with Crippen molar-refractivity contribution in [2.75, 3.05) is 13.7 Å². The van der Waals surface area contributed by atoms with E-state index in [4.69, 9.17) is 16.3 Å². The first-order valence-electron chi connectivity index (χ1n) is 8.84. The molecule has 2 unspecified atom stereocenters. The van der Waals surface area contributed by atoms with Crippen LogP contribution >= 0.6 is 11.6 Å². The van der Waals surface area contributed by atoms with Gasteiger partial charge in [0.2, 0.25) is 0 Å². The molecule has 0 aliphatic carbocycles. The molecule has 2 N–H and O–H groups in total. The highest BCUT2D eigenvalue weighted by Crippen LogP contribution is 2.17. The fourth-order valence-corrected chi connectivity index (χ4v) is 2.31. The molecular formula is C21H27ClO5. The molecule has 0 amide bonds. The zero-order valence-corrected chi connectivity index (χ0v) is 16.2. The highest BCUT2D eigenvalue weighted by Gasteiger charge is 2.02. The Balaban J connectivity index is 2.18. The van der Waals surface area contributed by atoms with Crippen molar-refractivity contribution in [3.8, 4) is 5.75 Å². The molecule has 27 heavy (non-hydrogen) atoms. The van der Waals surface area contributed by atoms with Crippen LogP contribution in [0, 0.1) is 0 Å². The monoisotopic (exact) mass is 394 g/mol. The molecule has 0 aromatic heterocycles. The summed E-state index contributed by atoms with van der Waals surface area (Å²) in [7, 11) is 1.37. The number of unbranched alkanes of at least 4 members (excludes halogenated alkanes) is 1. The summed E-state index contributed by atoms with van der Waals surface area (Å²) in [6.45, 7) is 0.130. The van der Waals surface area contributed by atoms with E-state index in [1.165, 1.54) is 7.11 Å². The largest absolute Gasteiger partial charge is 0.491 e. The van der Waals surface area contributed by atoms with Crippen LogP contribution in [0.1, 0.15) is 25.7 Å². The molecule has 1 rings (SSSR count). The van der Waals surface area contributed by atoms with Gasteiger partial charge >= 0.3 is 5.97 Å². The molecule has 2 atom stereocenters. The number of carbonyl (C=O) groups is 1. The molecule has 0 bridgehead atoms. The number of allylic oxidation sites excluding steroid dienone is 4. The fraction of sp³-hybridized carbons (Fsp3) is 0.381. The molecule has 5 nitrogen and oxygen atoms in total. The number of esters is 1. The smallest absolute Gasteiger partial charge is 0.305 e. The van der Waals surface area contributed by atoms with E-state index in [0.717, 1.165) is 6.42 Å². The van der Waals surface area contributed by atoms with Crippen molar-refractivity contribution in [3.63, 3.8) is 0 Å². The van der Waals surface area contributed by atoms with Crippen molar-refractivity contribution < 1.29 is 24.5 Å². The predicted molar refractivity (Wildman–Crippen MR) is 107 cm³/mol. The van der Waals surface area contributed by atoms with Crippen LogP contribution in [0.15, 0.2) is 60.7 Å². The van der Waals surface area contributed by atoms with Crippen molar-refractivity contribution in [1.29, 1.82) is 0 Å². The number of methoxy groups -OCH3 is 1. The van der Waals surface area contributed by atoms with Gasteiger partial charge in [0.15, 0.2) is 0 Å². The van der Waals surface area contributed by atoms with Crippen molar-refractivity contribution in [3.05, 3.63) is 65.7 Å². The van der Waals surface area contributed by atoms with Gasteiger partial charge in [-0.25, -0.2) is 0 Å². The highest BCUT2D eigenvalue weighted by atomic mass is 35.5. The number of hydrogen-bond donors (Lipinski definition) is 2. The fourth-order valence-electron chi connectivity index (χ4n) is 2.13. The third-order valence-electron chi connectivity index (χ3n) is 3.58. The minimum atomic E-state index is -0.738. The summed E-state index contributed by atoms with van der Waals surface area (Å²) in [6.07, 6.45) is 11.4. The molecule has 0 saturated carbocycles. The van der Waals surface area contributed by atoms with Gasteiger partial charge in [-0.15, -0.1) is 0 Å². The SMILES string of the molecule is COC(=O)CCCCC(O)\C=C/C=C/C=C/C(O)COc1cccc(Cl)c1. The van der Waals surface area contributed by atoms with Gasteiger partial charge in [-0.1, -0.05) is 54.1 Å². The van der Waals surface area contributed by atoms with E-state index in [1.54, 1.807) is 60.7 Å². The van der Waals surface area contributed by atoms with E-state index in [9.17, 15) is 15.0 Å². The van der Waals surface area contributed by atoms with Crippen LogP contribution in [0.2, 0.25) is 5.02 Å². The first kappa shape index (κ1) is 23.0. The molecule has 0 aliphatic rings. The van der Waals surface area contributed by atoms with E-state index < -0.39 is 12.2 Å². The second-order valence-electron chi connectivity index (χ2n) is 5.88. The molecule has 1 aromatic carbocycles. The number of ether oxygens (including phenoxy) is 2. The Morgan fingerprint density at radius 3 is 2.48 bits per heavy atom. The highest BCUT2D eigenvalue weighted by molar-refractivity contribution is 6.30. The first-order chi connectivity index (χ1) is 13.0. The maximum Gasteiger partial charge on any atom is 0.305 e. The predicted octanol–water partition coefficient (Wildman–Crippen LogP) is 3.84. The molecule has 1 aromatic rings. The lowest BCUT2D eigenvalue weighted by atomic mass is 10.1. The van der Waals surface area contributed by atoms with Crippen LogP contribution in [0.5, 0.6) is 5.75 Å². The maximum absolute atomic E-state index is 11.0. The van der Waals surface area contributed by atoms with Crippen molar-refractivity contribution in [2.45, 2.75) is 37.9 Å². The number of rotatable bonds is 12. The number of halogens is 1. The van der Waals surface area contributed by atoms with Crippen LogP contribution in [0.3, 0.4) is 0 Å². The zero-order valence-electron chi connectivity index (χ0n) is 15.5. The number of hydrogen-bond acceptors (Lipinski definition) is 5. The summed E-state index contributed by atoms with van der Waals surface area (Å²) in [4.78, 5) is 11.0. The average Bonchev–Trinajstić information content (AvgIpc) is 2.66. The Morgan fingerprint density at radius 2 is 1.81 bits per heavy atom. The van der Waals surface area contributed by atoms with Gasteiger partial charge in [0.25, 0.3) is 0 Å². The summed E-state index contributed by atoms with van der Waals surface area (Å²) >= 11 is 5.86. The molecule has 0 saturated heterocycles.